The van der Waals surface area contributed by atoms with Crippen LogP contribution in [0.25, 0.3) is 0 Å². The molecule has 0 bridgehead atoms. The lowest BCUT2D eigenvalue weighted by Crippen LogP contribution is -2.05. The molecule has 0 radical (unpaired) electrons. The van der Waals surface area contributed by atoms with Crippen LogP contribution in [-0.2, 0) is 13.0 Å². The molecule has 0 unspecified atom stereocenters. The Hall–Kier alpha value is -2.42. The Morgan fingerprint density at radius 3 is 2.11 bits per heavy atom. The van der Waals surface area contributed by atoms with Gasteiger partial charge >= 0.3 is 0 Å². The molecule has 19 heavy (non-hydrogen) atoms. The van der Waals surface area contributed by atoms with Crippen LogP contribution >= 0.6 is 0 Å². The second-order valence-electron chi connectivity index (χ2n) is 4.52. The first-order chi connectivity index (χ1) is 9.42. The molecule has 3 aromatic rings. The topological polar surface area (TPSA) is 30.7 Å². The molecular weight excluding hydrogens is 234 g/mol. The van der Waals surface area contributed by atoms with E-state index in [1.807, 2.05) is 24.3 Å². The minimum Gasteiger partial charge on any atom is -0.313 e. The summed E-state index contributed by atoms with van der Waals surface area (Å²) in [6, 6.07) is 20.7. The molecule has 0 N–H and O–H groups in total. The smallest absolute Gasteiger partial charge is 0.137 e. The first-order valence-electron chi connectivity index (χ1n) is 6.36. The first kappa shape index (κ1) is 11.7. The summed E-state index contributed by atoms with van der Waals surface area (Å²) in [7, 11) is 0. The fourth-order valence-electron chi connectivity index (χ4n) is 2.11. The molecule has 3 rings (SSSR count). The molecule has 0 aliphatic carbocycles. The number of nitrogens with zero attached hydrogens (tertiary/aromatic N) is 3. The van der Waals surface area contributed by atoms with Crippen molar-refractivity contribution in [1.29, 1.82) is 0 Å². The molecule has 0 aliphatic heterocycles. The lowest BCUT2D eigenvalue weighted by Gasteiger charge is -2.06. The highest BCUT2D eigenvalue weighted by Crippen LogP contribution is 2.09. The lowest BCUT2D eigenvalue weighted by atomic mass is 10.1. The summed E-state index contributed by atoms with van der Waals surface area (Å²) in [6.07, 6.45) is 2.61. The minimum atomic E-state index is 0.813. The van der Waals surface area contributed by atoms with Crippen LogP contribution in [0.15, 0.2) is 67.0 Å². The molecule has 0 saturated heterocycles. The molecule has 3 heteroatoms. The van der Waals surface area contributed by atoms with Crippen molar-refractivity contribution in [3.8, 4) is 0 Å². The van der Waals surface area contributed by atoms with Crippen molar-refractivity contribution in [3.05, 3.63) is 83.9 Å². The van der Waals surface area contributed by atoms with Gasteiger partial charge in [0.1, 0.15) is 12.2 Å². The predicted molar refractivity (Wildman–Crippen MR) is 74.8 cm³/mol. The van der Waals surface area contributed by atoms with Crippen LogP contribution < -0.4 is 0 Å². The fourth-order valence-corrected chi connectivity index (χ4v) is 2.11. The van der Waals surface area contributed by atoms with Crippen molar-refractivity contribution < 1.29 is 0 Å². The quantitative estimate of drug-likeness (QED) is 0.711. The van der Waals surface area contributed by atoms with Crippen LogP contribution in [0, 0.1) is 0 Å². The molecule has 1 heterocycles. The largest absolute Gasteiger partial charge is 0.313 e. The van der Waals surface area contributed by atoms with Gasteiger partial charge in [-0.15, -0.1) is 10.2 Å². The van der Waals surface area contributed by atoms with E-state index in [2.05, 4.69) is 51.2 Å². The zero-order valence-electron chi connectivity index (χ0n) is 10.6. The first-order valence-corrected chi connectivity index (χ1v) is 6.36. The number of hydrogen-bond donors (Lipinski definition) is 0. The maximum atomic E-state index is 4.22. The third-order valence-electron chi connectivity index (χ3n) is 3.10. The van der Waals surface area contributed by atoms with E-state index in [9.17, 15) is 0 Å². The Bertz CT molecular complexity index is 573. The van der Waals surface area contributed by atoms with E-state index < -0.39 is 0 Å². The number of hydrogen-bond acceptors (Lipinski definition) is 2. The van der Waals surface area contributed by atoms with Gasteiger partial charge in [0.25, 0.3) is 0 Å². The third-order valence-corrected chi connectivity index (χ3v) is 3.10. The molecule has 0 spiro atoms. The summed E-state index contributed by atoms with van der Waals surface area (Å²) < 4.78 is 2.10. The minimum absolute atomic E-state index is 0.813. The highest BCUT2D eigenvalue weighted by molar-refractivity contribution is 5.20. The van der Waals surface area contributed by atoms with Gasteiger partial charge in [0.2, 0.25) is 0 Å². The van der Waals surface area contributed by atoms with E-state index in [-0.39, 0.29) is 0 Å². The average Bonchev–Trinajstić information content (AvgIpc) is 2.88. The SMILES string of the molecule is c1ccc(Cc2nncn2Cc2ccccc2)cc1. The van der Waals surface area contributed by atoms with Crippen LogP contribution in [0.2, 0.25) is 0 Å². The van der Waals surface area contributed by atoms with Gasteiger partial charge in [-0.05, 0) is 11.1 Å². The average molecular weight is 249 g/mol. The van der Waals surface area contributed by atoms with E-state index in [1.165, 1.54) is 11.1 Å². The Labute approximate surface area is 112 Å². The number of aromatic nitrogens is 3. The van der Waals surface area contributed by atoms with Crippen LogP contribution in [-0.4, -0.2) is 14.8 Å². The van der Waals surface area contributed by atoms with Gasteiger partial charge in [-0.1, -0.05) is 60.7 Å². The standard InChI is InChI=1S/C16H15N3/c1-3-7-14(8-4-1)11-16-18-17-13-19(16)12-15-9-5-2-6-10-15/h1-10,13H,11-12H2. The second-order valence-corrected chi connectivity index (χ2v) is 4.52. The summed E-state index contributed by atoms with van der Waals surface area (Å²) in [6.45, 7) is 0.815. The van der Waals surface area contributed by atoms with Gasteiger partial charge in [-0.2, -0.15) is 0 Å². The number of benzene rings is 2. The predicted octanol–water partition coefficient (Wildman–Crippen LogP) is 2.92. The zero-order chi connectivity index (χ0) is 12.9. The normalized spacial score (nSPS) is 10.5. The zero-order valence-corrected chi connectivity index (χ0v) is 10.6. The van der Waals surface area contributed by atoms with Crippen LogP contribution in [0.3, 0.4) is 0 Å². The van der Waals surface area contributed by atoms with Crippen LogP contribution in [0.5, 0.6) is 0 Å². The van der Waals surface area contributed by atoms with E-state index in [0.29, 0.717) is 0 Å². The van der Waals surface area contributed by atoms with Gasteiger partial charge in [0.15, 0.2) is 0 Å². The van der Waals surface area contributed by atoms with Crippen molar-refractivity contribution in [2.75, 3.05) is 0 Å². The molecular formula is C16H15N3. The maximum Gasteiger partial charge on any atom is 0.137 e. The molecule has 3 nitrogen and oxygen atoms in total. The Morgan fingerprint density at radius 2 is 1.42 bits per heavy atom. The molecule has 94 valence electrons. The number of rotatable bonds is 4. The van der Waals surface area contributed by atoms with Crippen LogP contribution in [0.1, 0.15) is 17.0 Å². The molecule has 2 aromatic carbocycles. The molecule has 0 saturated carbocycles. The summed E-state index contributed by atoms with van der Waals surface area (Å²) in [5, 5.41) is 8.25. The Balaban J connectivity index is 1.79. The summed E-state index contributed by atoms with van der Waals surface area (Å²) >= 11 is 0. The highest BCUT2D eigenvalue weighted by Gasteiger charge is 2.05. The summed E-state index contributed by atoms with van der Waals surface area (Å²) in [5.41, 5.74) is 2.52. The van der Waals surface area contributed by atoms with Crippen molar-refractivity contribution in [2.24, 2.45) is 0 Å². The van der Waals surface area contributed by atoms with Crippen molar-refractivity contribution >= 4 is 0 Å². The summed E-state index contributed by atoms with van der Waals surface area (Å²) in [5.74, 6) is 0.995. The fraction of sp³-hybridized carbons (Fsp3) is 0.125. The van der Waals surface area contributed by atoms with Gasteiger partial charge in [-0.3, -0.25) is 0 Å². The third kappa shape index (κ3) is 2.88. The monoisotopic (exact) mass is 249 g/mol. The molecule has 0 fully saturated rings. The van der Waals surface area contributed by atoms with Gasteiger partial charge in [-0.25, -0.2) is 0 Å². The van der Waals surface area contributed by atoms with E-state index >= 15 is 0 Å². The molecule has 0 aliphatic rings. The Morgan fingerprint density at radius 1 is 0.789 bits per heavy atom. The van der Waals surface area contributed by atoms with Crippen molar-refractivity contribution in [1.82, 2.24) is 14.8 Å². The molecule has 1 aromatic heterocycles. The summed E-state index contributed by atoms with van der Waals surface area (Å²) in [4.78, 5) is 0. The molecule has 0 amide bonds. The van der Waals surface area contributed by atoms with E-state index in [4.69, 9.17) is 0 Å². The van der Waals surface area contributed by atoms with Gasteiger partial charge < -0.3 is 4.57 Å². The van der Waals surface area contributed by atoms with Crippen molar-refractivity contribution in [2.45, 2.75) is 13.0 Å². The second kappa shape index (κ2) is 5.48. The molecule has 0 atom stereocenters. The van der Waals surface area contributed by atoms with Crippen molar-refractivity contribution in [3.63, 3.8) is 0 Å². The van der Waals surface area contributed by atoms with Gasteiger partial charge in [0, 0.05) is 6.42 Å². The van der Waals surface area contributed by atoms with E-state index in [0.717, 1.165) is 18.8 Å². The Kier molecular flexibility index (Phi) is 3.36. The highest BCUT2D eigenvalue weighted by atomic mass is 15.3. The van der Waals surface area contributed by atoms with Gasteiger partial charge in [0.05, 0.1) is 6.54 Å². The van der Waals surface area contributed by atoms with E-state index in [1.54, 1.807) is 6.33 Å². The lowest BCUT2D eigenvalue weighted by molar-refractivity contribution is 0.740. The van der Waals surface area contributed by atoms with Crippen LogP contribution in [0.4, 0.5) is 0 Å². The maximum absolute atomic E-state index is 4.22.